The second kappa shape index (κ2) is 10.1. The van der Waals surface area contributed by atoms with Gasteiger partial charge >= 0.3 is 0 Å². The van der Waals surface area contributed by atoms with E-state index >= 15 is 0 Å². The Morgan fingerprint density at radius 3 is 2.73 bits per heavy atom. The fraction of sp³-hybridized carbons (Fsp3) is 0.310. The maximum Gasteiger partial charge on any atom is 0.250 e. The monoisotopic (exact) mass is 520 g/mol. The van der Waals surface area contributed by atoms with Crippen molar-refractivity contribution in [2.24, 2.45) is 4.99 Å². The lowest BCUT2D eigenvalue weighted by molar-refractivity contribution is -0.131. The molecule has 37 heavy (non-hydrogen) atoms. The third-order valence-electron chi connectivity index (χ3n) is 7.02. The van der Waals surface area contributed by atoms with Crippen molar-refractivity contribution in [1.82, 2.24) is 10.2 Å². The van der Waals surface area contributed by atoms with Crippen molar-refractivity contribution in [2.45, 2.75) is 38.5 Å². The van der Waals surface area contributed by atoms with Crippen molar-refractivity contribution < 1.29 is 14.3 Å². The average molecular weight is 521 g/mol. The molecule has 3 aromatic carbocycles. The fourth-order valence-electron chi connectivity index (χ4n) is 5.24. The van der Waals surface area contributed by atoms with Gasteiger partial charge in [0.25, 0.3) is 0 Å². The number of carbonyl (C=O) groups excluding carboxylic acids is 1. The molecule has 6 nitrogen and oxygen atoms in total. The van der Waals surface area contributed by atoms with E-state index in [1.807, 2.05) is 55.1 Å². The first-order chi connectivity index (χ1) is 17.7. The largest absolute Gasteiger partial charge is 0.508 e. The highest BCUT2D eigenvalue weighted by molar-refractivity contribution is 6.31. The summed E-state index contributed by atoms with van der Waals surface area (Å²) in [6.07, 6.45) is 1.18. The first-order valence-corrected chi connectivity index (χ1v) is 12.7. The summed E-state index contributed by atoms with van der Waals surface area (Å²) >= 11 is 6.39. The van der Waals surface area contributed by atoms with Gasteiger partial charge in [-0.3, -0.25) is 4.79 Å². The van der Waals surface area contributed by atoms with Crippen LogP contribution >= 0.6 is 11.6 Å². The van der Waals surface area contributed by atoms with Gasteiger partial charge in [-0.25, -0.2) is 9.38 Å². The minimum absolute atomic E-state index is 0.0941. The number of anilines is 1. The molecule has 1 fully saturated rings. The Kier molecular flexibility index (Phi) is 6.92. The van der Waals surface area contributed by atoms with Crippen molar-refractivity contribution in [3.05, 3.63) is 76.3 Å². The van der Waals surface area contributed by atoms with Gasteiger partial charge in [0.15, 0.2) is 0 Å². The van der Waals surface area contributed by atoms with E-state index in [0.29, 0.717) is 30.2 Å². The second-order valence-electron chi connectivity index (χ2n) is 9.97. The van der Waals surface area contributed by atoms with Crippen LogP contribution in [0.1, 0.15) is 29.2 Å². The number of halogens is 2. The number of phenols is 1. The molecule has 0 saturated carbocycles. The van der Waals surface area contributed by atoms with Crippen LogP contribution in [0.25, 0.3) is 11.1 Å². The summed E-state index contributed by atoms with van der Waals surface area (Å²) < 4.78 is 13.8. The molecule has 2 N–H and O–H groups in total. The van der Waals surface area contributed by atoms with E-state index in [9.17, 15) is 14.3 Å². The maximum absolute atomic E-state index is 14.1. The van der Waals surface area contributed by atoms with E-state index in [-0.39, 0.29) is 17.7 Å². The Morgan fingerprint density at radius 1 is 1.22 bits per heavy atom. The zero-order chi connectivity index (χ0) is 26.3. The molecular weight excluding hydrogens is 491 g/mol. The first kappa shape index (κ1) is 25.2. The molecule has 0 aromatic heterocycles. The molecule has 0 radical (unpaired) electrons. The molecule has 2 aliphatic rings. The molecule has 5 rings (SSSR count). The number of likely N-dealkylation sites (N-methyl/N-ethyl adjacent to an activating group) is 1. The molecule has 3 aromatic rings. The molecule has 1 saturated heterocycles. The SMILES string of the molecule is Cc1cc(Cl)cc(N2C=Nc3cc(C)c(-c4cccc(O)c4)cc3C2C(=O)N(C)C[C@@H]2C[C@H](F)CN2)c1. The van der Waals surface area contributed by atoms with Crippen LogP contribution in [-0.4, -0.2) is 54.6 Å². The number of aryl methyl sites for hydroxylation is 2. The third kappa shape index (κ3) is 5.20. The molecule has 1 unspecified atom stereocenters. The van der Waals surface area contributed by atoms with E-state index in [2.05, 4.69) is 5.32 Å². The molecule has 192 valence electrons. The van der Waals surface area contributed by atoms with Gasteiger partial charge in [0.05, 0.1) is 12.0 Å². The average Bonchev–Trinajstić information content (AvgIpc) is 3.26. The number of nitrogens with one attached hydrogen (secondary N) is 1. The molecule has 1 amide bonds. The Morgan fingerprint density at radius 2 is 2.03 bits per heavy atom. The number of amides is 1. The van der Waals surface area contributed by atoms with E-state index in [1.54, 1.807) is 36.5 Å². The summed E-state index contributed by atoms with van der Waals surface area (Å²) in [5.41, 5.74) is 5.94. The van der Waals surface area contributed by atoms with Gasteiger partial charge < -0.3 is 20.2 Å². The summed E-state index contributed by atoms with van der Waals surface area (Å²) in [6.45, 7) is 4.65. The lowest BCUT2D eigenvalue weighted by Crippen LogP contribution is -2.46. The maximum atomic E-state index is 14.1. The molecule has 8 heteroatoms. The van der Waals surface area contributed by atoms with Crippen LogP contribution in [0, 0.1) is 13.8 Å². The Hall–Kier alpha value is -3.42. The van der Waals surface area contributed by atoms with E-state index in [1.165, 1.54) is 0 Å². The Bertz CT molecular complexity index is 1360. The van der Waals surface area contributed by atoms with Crippen LogP contribution in [0.3, 0.4) is 0 Å². The number of aliphatic imine (C=N–C) groups is 1. The number of alkyl halides is 1. The number of carbonyl (C=O) groups is 1. The fourth-order valence-corrected chi connectivity index (χ4v) is 5.52. The van der Waals surface area contributed by atoms with Crippen LogP contribution < -0.4 is 10.2 Å². The van der Waals surface area contributed by atoms with Gasteiger partial charge in [0.2, 0.25) is 5.91 Å². The third-order valence-corrected chi connectivity index (χ3v) is 7.24. The van der Waals surface area contributed by atoms with Gasteiger partial charge in [0, 0.05) is 42.5 Å². The molecule has 2 aliphatic heterocycles. The number of rotatable bonds is 5. The van der Waals surface area contributed by atoms with Crippen molar-refractivity contribution in [3.63, 3.8) is 0 Å². The van der Waals surface area contributed by atoms with E-state index < -0.39 is 12.2 Å². The topological polar surface area (TPSA) is 68.2 Å². The summed E-state index contributed by atoms with van der Waals surface area (Å²) in [5, 5.41) is 13.8. The van der Waals surface area contributed by atoms with Crippen LogP contribution in [0.5, 0.6) is 5.75 Å². The molecular formula is C29H30ClFN4O2. The molecule has 0 aliphatic carbocycles. The van der Waals surface area contributed by atoms with Gasteiger partial charge in [-0.05, 0) is 85.0 Å². The lowest BCUT2D eigenvalue weighted by atomic mass is 9.91. The summed E-state index contributed by atoms with van der Waals surface area (Å²) in [4.78, 5) is 22.3. The minimum Gasteiger partial charge on any atom is -0.508 e. The standard InChI is InChI=1S/C29H30ClFN4O2/c1-17-7-20(30)11-23(8-17)35-16-33-27-9-18(2)25(19-5-4-6-24(36)10-19)13-26(27)28(35)29(37)34(3)15-22-12-21(31)14-32-22/h4-11,13,16,21-22,28,32,36H,12,14-15H2,1-3H3/t21-,22-,28?/m0/s1. The number of aromatic hydroxyl groups is 1. The van der Waals surface area contributed by atoms with Crippen LogP contribution in [0.15, 0.2) is 59.6 Å². The lowest BCUT2D eigenvalue weighted by Gasteiger charge is -2.36. The highest BCUT2D eigenvalue weighted by Crippen LogP contribution is 2.41. The first-order valence-electron chi connectivity index (χ1n) is 12.4. The number of hydrogen-bond acceptors (Lipinski definition) is 5. The highest BCUT2D eigenvalue weighted by atomic mass is 35.5. The number of fused-ring (bicyclic) bond motifs is 1. The van der Waals surface area contributed by atoms with Crippen molar-refractivity contribution in [1.29, 1.82) is 0 Å². The molecule has 0 bridgehead atoms. The second-order valence-corrected chi connectivity index (χ2v) is 10.4. The van der Waals surface area contributed by atoms with Gasteiger partial charge in [-0.2, -0.15) is 0 Å². The van der Waals surface area contributed by atoms with Crippen LogP contribution in [-0.2, 0) is 4.79 Å². The highest BCUT2D eigenvalue weighted by Gasteiger charge is 2.36. The number of phenolic OH excluding ortho intramolecular Hbond substituents is 1. The van der Waals surface area contributed by atoms with Crippen LogP contribution in [0.2, 0.25) is 5.02 Å². The van der Waals surface area contributed by atoms with E-state index in [4.69, 9.17) is 16.6 Å². The van der Waals surface area contributed by atoms with E-state index in [0.717, 1.165) is 33.5 Å². The predicted octanol–water partition coefficient (Wildman–Crippen LogP) is 5.71. The van der Waals surface area contributed by atoms with Crippen molar-refractivity contribution in [3.8, 4) is 16.9 Å². The van der Waals surface area contributed by atoms with Gasteiger partial charge in [-0.1, -0.05) is 23.7 Å². The summed E-state index contributed by atoms with van der Waals surface area (Å²) in [6, 6.07) is 15.9. The normalized spacial score (nSPS) is 20.7. The minimum atomic E-state index is -0.894. The molecule has 2 heterocycles. The quantitative estimate of drug-likeness (QED) is 0.452. The summed E-state index contributed by atoms with van der Waals surface area (Å²) in [7, 11) is 1.76. The Labute approximate surface area is 221 Å². The van der Waals surface area contributed by atoms with Gasteiger partial charge in [0.1, 0.15) is 18.0 Å². The number of nitrogens with zero attached hydrogens (tertiary/aromatic N) is 3. The Balaban J connectivity index is 1.60. The zero-order valence-electron chi connectivity index (χ0n) is 21.1. The van der Waals surface area contributed by atoms with Crippen molar-refractivity contribution in [2.75, 3.05) is 25.0 Å². The zero-order valence-corrected chi connectivity index (χ0v) is 21.8. The summed E-state index contributed by atoms with van der Waals surface area (Å²) in [5.74, 6) is 0.0473. The predicted molar refractivity (Wildman–Crippen MR) is 147 cm³/mol. The van der Waals surface area contributed by atoms with Gasteiger partial charge in [-0.15, -0.1) is 0 Å². The number of benzene rings is 3. The van der Waals surface area contributed by atoms with Crippen molar-refractivity contribution >= 4 is 35.2 Å². The molecule has 3 atom stereocenters. The number of hydrogen-bond donors (Lipinski definition) is 2. The molecule has 0 spiro atoms. The van der Waals surface area contributed by atoms with Crippen LogP contribution in [0.4, 0.5) is 15.8 Å². The smallest absolute Gasteiger partial charge is 0.250 e.